The minimum absolute atomic E-state index is 0.0254. The van der Waals surface area contributed by atoms with E-state index in [2.05, 4.69) is 34.9 Å². The maximum absolute atomic E-state index is 12.7. The minimum atomic E-state index is -0.793. The van der Waals surface area contributed by atoms with Crippen molar-refractivity contribution in [2.75, 3.05) is 13.2 Å². The third kappa shape index (κ3) is 5.66. The van der Waals surface area contributed by atoms with Crippen molar-refractivity contribution >= 4 is 18.0 Å². The number of benzene rings is 2. The number of ether oxygens (including phenoxy) is 1. The lowest BCUT2D eigenvalue weighted by atomic mass is 9.96. The second-order valence-electron chi connectivity index (χ2n) is 9.96. The van der Waals surface area contributed by atoms with Gasteiger partial charge in [0.2, 0.25) is 5.91 Å². The summed E-state index contributed by atoms with van der Waals surface area (Å²) in [5, 5.41) is 15.1. The Balaban J connectivity index is 1.30. The molecule has 4 rings (SSSR count). The van der Waals surface area contributed by atoms with Gasteiger partial charge in [0.15, 0.2) is 0 Å². The Hall–Kier alpha value is -3.35. The molecule has 7 nitrogen and oxygen atoms in total. The zero-order chi connectivity index (χ0) is 24.9. The summed E-state index contributed by atoms with van der Waals surface area (Å²) in [5.41, 5.74) is 4.63. The summed E-state index contributed by atoms with van der Waals surface area (Å²) in [6.45, 7) is 4.46. The molecule has 0 radical (unpaired) electrons. The highest BCUT2D eigenvalue weighted by atomic mass is 16.5. The minimum Gasteiger partial charge on any atom is -0.481 e. The van der Waals surface area contributed by atoms with Crippen LogP contribution in [0, 0.1) is 17.8 Å². The third-order valence-electron chi connectivity index (χ3n) is 7.39. The van der Waals surface area contributed by atoms with Crippen molar-refractivity contribution in [1.82, 2.24) is 10.6 Å². The number of fused-ring (bicyclic) bond motifs is 3. The number of carboxylic acids is 1. The van der Waals surface area contributed by atoms with Gasteiger partial charge in [-0.2, -0.15) is 0 Å². The second kappa shape index (κ2) is 10.9. The Morgan fingerprint density at radius 1 is 1.00 bits per heavy atom. The lowest BCUT2D eigenvalue weighted by molar-refractivity contribution is -0.143. The number of alkyl carbamates (subject to hydrolysis) is 1. The topological polar surface area (TPSA) is 105 Å². The van der Waals surface area contributed by atoms with Crippen LogP contribution in [-0.2, 0) is 14.3 Å². The van der Waals surface area contributed by atoms with Gasteiger partial charge in [-0.25, -0.2) is 4.79 Å². The van der Waals surface area contributed by atoms with Gasteiger partial charge in [-0.05, 0) is 46.9 Å². The highest BCUT2D eigenvalue weighted by Crippen LogP contribution is 2.44. The van der Waals surface area contributed by atoms with Gasteiger partial charge in [-0.15, -0.1) is 0 Å². The van der Waals surface area contributed by atoms with Crippen LogP contribution in [0.2, 0.25) is 0 Å². The van der Waals surface area contributed by atoms with Gasteiger partial charge in [0.05, 0.1) is 5.92 Å². The highest BCUT2D eigenvalue weighted by molar-refractivity contribution is 5.80. The Kier molecular flexibility index (Phi) is 7.73. The first-order valence-corrected chi connectivity index (χ1v) is 12.5. The van der Waals surface area contributed by atoms with Crippen LogP contribution in [0.5, 0.6) is 0 Å². The van der Waals surface area contributed by atoms with Gasteiger partial charge < -0.3 is 20.5 Å². The molecule has 0 spiro atoms. The molecule has 2 aliphatic carbocycles. The molecule has 186 valence electrons. The fourth-order valence-corrected chi connectivity index (χ4v) is 5.37. The first-order chi connectivity index (χ1) is 16.8. The lowest BCUT2D eigenvalue weighted by Gasteiger charge is -2.23. The lowest BCUT2D eigenvalue weighted by Crippen LogP contribution is -2.43. The maximum Gasteiger partial charge on any atom is 0.407 e. The normalized spacial score (nSPS) is 19.6. The SMILES string of the molecule is CC(C)[C@@H](CC(=O)NC[C@H]1CCC[C@H]1C(=O)O)NC(=O)OCC1c2ccccc2-c2ccccc21. The van der Waals surface area contributed by atoms with E-state index >= 15 is 0 Å². The number of carbonyl (C=O) groups is 3. The molecule has 0 aliphatic heterocycles. The molecule has 3 N–H and O–H groups in total. The molecule has 2 aromatic carbocycles. The quantitative estimate of drug-likeness (QED) is 0.490. The van der Waals surface area contributed by atoms with E-state index in [1.165, 1.54) is 11.1 Å². The van der Waals surface area contributed by atoms with Crippen LogP contribution in [0.4, 0.5) is 4.79 Å². The van der Waals surface area contributed by atoms with Gasteiger partial charge in [-0.3, -0.25) is 9.59 Å². The van der Waals surface area contributed by atoms with Crippen molar-refractivity contribution in [3.05, 3.63) is 59.7 Å². The molecule has 2 amide bonds. The summed E-state index contributed by atoms with van der Waals surface area (Å²) in [5.74, 6) is -1.42. The average molecular weight is 479 g/mol. The van der Waals surface area contributed by atoms with Gasteiger partial charge >= 0.3 is 12.1 Å². The Labute approximate surface area is 206 Å². The monoisotopic (exact) mass is 478 g/mol. The van der Waals surface area contributed by atoms with Crippen LogP contribution < -0.4 is 10.6 Å². The van der Waals surface area contributed by atoms with Crippen molar-refractivity contribution in [2.24, 2.45) is 17.8 Å². The van der Waals surface area contributed by atoms with Gasteiger partial charge in [0.1, 0.15) is 6.61 Å². The van der Waals surface area contributed by atoms with Crippen molar-refractivity contribution in [1.29, 1.82) is 0 Å². The van der Waals surface area contributed by atoms with Gasteiger partial charge in [0.25, 0.3) is 0 Å². The number of nitrogens with one attached hydrogen (secondary N) is 2. The maximum atomic E-state index is 12.7. The van der Waals surface area contributed by atoms with Crippen molar-refractivity contribution in [2.45, 2.75) is 51.5 Å². The number of hydrogen-bond acceptors (Lipinski definition) is 4. The van der Waals surface area contributed by atoms with E-state index in [4.69, 9.17) is 4.74 Å². The Morgan fingerprint density at radius 2 is 1.63 bits per heavy atom. The summed E-state index contributed by atoms with van der Waals surface area (Å²) in [7, 11) is 0. The van der Waals surface area contributed by atoms with E-state index in [9.17, 15) is 19.5 Å². The van der Waals surface area contributed by atoms with E-state index in [0.29, 0.717) is 13.0 Å². The predicted octanol–water partition coefficient (Wildman–Crippen LogP) is 4.56. The summed E-state index contributed by atoms with van der Waals surface area (Å²) < 4.78 is 5.64. The molecule has 2 aliphatic rings. The van der Waals surface area contributed by atoms with E-state index in [1.54, 1.807) is 0 Å². The van der Waals surface area contributed by atoms with Crippen LogP contribution in [0.25, 0.3) is 11.1 Å². The molecule has 0 aromatic heterocycles. The van der Waals surface area contributed by atoms with E-state index in [0.717, 1.165) is 24.0 Å². The summed E-state index contributed by atoms with van der Waals surface area (Å²) in [6, 6.07) is 16.0. The number of rotatable bonds is 9. The molecular formula is C28H34N2O5. The molecule has 0 unspecified atom stereocenters. The smallest absolute Gasteiger partial charge is 0.407 e. The molecule has 1 saturated carbocycles. The first kappa shape index (κ1) is 24.8. The first-order valence-electron chi connectivity index (χ1n) is 12.5. The molecule has 2 aromatic rings. The number of carbonyl (C=O) groups excluding carboxylic acids is 2. The molecule has 3 atom stereocenters. The standard InChI is InChI=1S/C28H34N2O5/c1-17(2)25(14-26(31)29-15-18-8-7-13-19(18)27(32)33)30-28(34)35-16-24-22-11-5-3-9-20(22)21-10-4-6-12-23(21)24/h3-6,9-12,17-19,24-25H,7-8,13-16H2,1-2H3,(H,29,31)(H,30,34)(H,32,33)/t18-,19-,25-/m1/s1. The fraction of sp³-hybridized carbons (Fsp3) is 0.464. The molecule has 7 heteroatoms. The summed E-state index contributed by atoms with van der Waals surface area (Å²) in [4.78, 5) is 36.6. The van der Waals surface area contributed by atoms with Crippen LogP contribution in [0.1, 0.15) is 56.6 Å². The summed E-state index contributed by atoms with van der Waals surface area (Å²) >= 11 is 0. The van der Waals surface area contributed by atoms with Gasteiger partial charge in [-0.1, -0.05) is 68.8 Å². The number of aliphatic carboxylic acids is 1. The molecule has 1 fully saturated rings. The van der Waals surface area contributed by atoms with Crippen LogP contribution in [0.15, 0.2) is 48.5 Å². The van der Waals surface area contributed by atoms with Crippen LogP contribution >= 0.6 is 0 Å². The largest absolute Gasteiger partial charge is 0.481 e. The Morgan fingerprint density at radius 3 is 2.23 bits per heavy atom. The fourth-order valence-electron chi connectivity index (χ4n) is 5.37. The van der Waals surface area contributed by atoms with Crippen LogP contribution in [0.3, 0.4) is 0 Å². The molecular weight excluding hydrogens is 444 g/mol. The van der Waals surface area contributed by atoms with Crippen molar-refractivity contribution in [3.8, 4) is 11.1 Å². The van der Waals surface area contributed by atoms with E-state index < -0.39 is 18.0 Å². The Bertz CT molecular complexity index is 1040. The number of amides is 2. The van der Waals surface area contributed by atoms with E-state index in [1.807, 2.05) is 38.1 Å². The summed E-state index contributed by atoms with van der Waals surface area (Å²) in [6.07, 6.45) is 1.92. The van der Waals surface area contributed by atoms with Crippen molar-refractivity contribution in [3.63, 3.8) is 0 Å². The molecule has 35 heavy (non-hydrogen) atoms. The predicted molar refractivity (Wildman–Crippen MR) is 133 cm³/mol. The molecule has 0 bridgehead atoms. The average Bonchev–Trinajstić information content (AvgIpc) is 3.44. The van der Waals surface area contributed by atoms with Crippen molar-refractivity contribution < 1.29 is 24.2 Å². The number of carboxylic acid groups (broad SMARTS) is 1. The third-order valence-corrected chi connectivity index (χ3v) is 7.39. The van der Waals surface area contributed by atoms with Gasteiger partial charge in [0, 0.05) is 24.9 Å². The zero-order valence-electron chi connectivity index (χ0n) is 20.3. The van der Waals surface area contributed by atoms with E-state index in [-0.39, 0.29) is 42.7 Å². The highest BCUT2D eigenvalue weighted by Gasteiger charge is 2.33. The second-order valence-corrected chi connectivity index (χ2v) is 9.96. The zero-order valence-corrected chi connectivity index (χ0v) is 20.3. The van der Waals surface area contributed by atoms with Crippen LogP contribution in [-0.4, -0.2) is 42.3 Å². The molecule has 0 saturated heterocycles. The number of hydrogen-bond donors (Lipinski definition) is 3. The molecule has 0 heterocycles.